The van der Waals surface area contributed by atoms with Crippen LogP contribution in [-0.2, 0) is 9.53 Å². The maximum atomic E-state index is 12.0. The number of aromatic nitrogens is 1. The van der Waals surface area contributed by atoms with Gasteiger partial charge in [-0.15, -0.1) is 11.3 Å². The van der Waals surface area contributed by atoms with Crippen LogP contribution in [0.1, 0.15) is 36.2 Å². The molecule has 122 valence electrons. The van der Waals surface area contributed by atoms with E-state index in [0.29, 0.717) is 18.7 Å². The molecule has 0 aliphatic heterocycles. The smallest absolute Gasteiger partial charge is 0.305 e. The van der Waals surface area contributed by atoms with Gasteiger partial charge in [0, 0.05) is 23.9 Å². The normalized spacial score (nSPS) is 10.3. The van der Waals surface area contributed by atoms with Gasteiger partial charge in [0.25, 0.3) is 5.91 Å². The van der Waals surface area contributed by atoms with Crippen LogP contribution in [-0.4, -0.2) is 30.5 Å². The summed E-state index contributed by atoms with van der Waals surface area (Å²) in [7, 11) is 1.39. The number of carbonyl (C=O) groups excluding carboxylic acids is 2. The molecule has 1 aromatic heterocycles. The summed E-state index contributed by atoms with van der Waals surface area (Å²) in [4.78, 5) is 27.4. The zero-order valence-corrected chi connectivity index (χ0v) is 13.9. The van der Waals surface area contributed by atoms with Crippen LogP contribution >= 0.6 is 11.3 Å². The predicted octanol–water partition coefficient (Wildman–Crippen LogP) is 3.27. The Labute approximate surface area is 139 Å². The summed E-state index contributed by atoms with van der Waals surface area (Å²) in [6, 6.07) is 9.80. The lowest BCUT2D eigenvalue weighted by Gasteiger charge is -2.03. The molecule has 5 nitrogen and oxygen atoms in total. The Kier molecular flexibility index (Phi) is 6.75. The minimum Gasteiger partial charge on any atom is -0.469 e. The van der Waals surface area contributed by atoms with Gasteiger partial charge in [0.2, 0.25) is 0 Å². The van der Waals surface area contributed by atoms with E-state index in [4.69, 9.17) is 0 Å². The number of esters is 1. The van der Waals surface area contributed by atoms with E-state index in [1.807, 2.05) is 30.3 Å². The van der Waals surface area contributed by atoms with Crippen molar-refractivity contribution in [2.24, 2.45) is 0 Å². The minimum atomic E-state index is -0.190. The summed E-state index contributed by atoms with van der Waals surface area (Å²) in [5.41, 5.74) is 1.46. The minimum absolute atomic E-state index is 0.156. The zero-order chi connectivity index (χ0) is 16.5. The molecule has 0 radical (unpaired) electrons. The van der Waals surface area contributed by atoms with Gasteiger partial charge >= 0.3 is 5.97 Å². The number of hydrogen-bond donors (Lipinski definition) is 1. The van der Waals surface area contributed by atoms with Gasteiger partial charge in [-0.05, 0) is 12.8 Å². The van der Waals surface area contributed by atoms with Crippen LogP contribution in [0.4, 0.5) is 0 Å². The molecule has 6 heteroatoms. The number of hydrogen-bond acceptors (Lipinski definition) is 5. The second-order valence-corrected chi connectivity index (χ2v) is 5.90. The maximum Gasteiger partial charge on any atom is 0.305 e. The molecule has 0 spiro atoms. The van der Waals surface area contributed by atoms with E-state index in [9.17, 15) is 9.59 Å². The van der Waals surface area contributed by atoms with Gasteiger partial charge < -0.3 is 10.1 Å². The van der Waals surface area contributed by atoms with E-state index < -0.39 is 0 Å². The van der Waals surface area contributed by atoms with Crippen LogP contribution in [0, 0.1) is 0 Å². The van der Waals surface area contributed by atoms with E-state index in [2.05, 4.69) is 15.0 Å². The van der Waals surface area contributed by atoms with Crippen molar-refractivity contribution in [3.63, 3.8) is 0 Å². The van der Waals surface area contributed by atoms with Crippen molar-refractivity contribution in [3.05, 3.63) is 41.4 Å². The summed E-state index contributed by atoms with van der Waals surface area (Å²) in [6.45, 7) is 0.582. The highest BCUT2D eigenvalue weighted by molar-refractivity contribution is 7.13. The third-order valence-corrected chi connectivity index (χ3v) is 4.22. The molecule has 0 aliphatic carbocycles. The molecule has 0 atom stereocenters. The Morgan fingerprint density at radius 1 is 1.17 bits per heavy atom. The molecule has 1 N–H and O–H groups in total. The number of thiazole rings is 1. The monoisotopic (exact) mass is 332 g/mol. The number of rotatable bonds is 8. The second-order valence-electron chi connectivity index (χ2n) is 5.05. The molecule has 1 amide bonds. The van der Waals surface area contributed by atoms with Crippen LogP contribution in [0.5, 0.6) is 0 Å². The fraction of sp³-hybridized carbons (Fsp3) is 0.353. The quantitative estimate of drug-likeness (QED) is 0.595. The van der Waals surface area contributed by atoms with Crippen molar-refractivity contribution >= 4 is 23.2 Å². The second kappa shape index (κ2) is 9.05. The molecule has 0 saturated carbocycles. The van der Waals surface area contributed by atoms with Crippen LogP contribution < -0.4 is 5.32 Å². The number of nitrogens with zero attached hydrogens (tertiary/aromatic N) is 1. The van der Waals surface area contributed by atoms with Gasteiger partial charge in [0.05, 0.1) is 7.11 Å². The summed E-state index contributed by atoms with van der Waals surface area (Å²) in [5, 5.41) is 5.47. The Bertz CT molecular complexity index is 640. The van der Waals surface area contributed by atoms with Crippen molar-refractivity contribution in [2.45, 2.75) is 25.7 Å². The van der Waals surface area contributed by atoms with E-state index in [1.165, 1.54) is 18.4 Å². The van der Waals surface area contributed by atoms with Gasteiger partial charge in [0.1, 0.15) is 10.7 Å². The van der Waals surface area contributed by atoms with E-state index in [0.717, 1.165) is 29.8 Å². The molecule has 2 rings (SSSR count). The van der Waals surface area contributed by atoms with Crippen LogP contribution in [0.2, 0.25) is 0 Å². The Balaban J connectivity index is 1.72. The van der Waals surface area contributed by atoms with Crippen molar-refractivity contribution in [2.75, 3.05) is 13.7 Å². The molecule has 2 aromatic rings. The van der Waals surface area contributed by atoms with Crippen molar-refractivity contribution in [3.8, 4) is 10.6 Å². The molecular weight excluding hydrogens is 312 g/mol. The maximum absolute atomic E-state index is 12.0. The number of methoxy groups -OCH3 is 1. The van der Waals surface area contributed by atoms with Crippen molar-refractivity contribution in [1.82, 2.24) is 10.3 Å². The standard InChI is InChI=1S/C17H20N2O3S/c1-22-15(20)10-6-3-7-11-18-16(21)14-12-23-17(19-14)13-8-4-2-5-9-13/h2,4-5,8-9,12H,3,6-7,10-11H2,1H3,(H,18,21). The summed E-state index contributed by atoms with van der Waals surface area (Å²) in [6.07, 6.45) is 2.91. The molecule has 1 aromatic carbocycles. The number of nitrogens with one attached hydrogen (secondary N) is 1. The first-order valence-electron chi connectivity index (χ1n) is 7.56. The first kappa shape index (κ1) is 17.1. The molecule has 0 bridgehead atoms. The van der Waals surface area contributed by atoms with E-state index in [-0.39, 0.29) is 11.9 Å². The number of benzene rings is 1. The van der Waals surface area contributed by atoms with Crippen LogP contribution in [0.25, 0.3) is 10.6 Å². The predicted molar refractivity (Wildman–Crippen MR) is 90.4 cm³/mol. The van der Waals surface area contributed by atoms with Gasteiger partial charge in [0.15, 0.2) is 0 Å². The fourth-order valence-corrected chi connectivity index (χ4v) is 2.86. The highest BCUT2D eigenvalue weighted by Crippen LogP contribution is 2.23. The lowest BCUT2D eigenvalue weighted by atomic mass is 10.2. The lowest BCUT2D eigenvalue weighted by molar-refractivity contribution is -0.140. The summed E-state index contributed by atoms with van der Waals surface area (Å²) < 4.78 is 4.58. The molecule has 23 heavy (non-hydrogen) atoms. The van der Waals surface area contributed by atoms with Gasteiger partial charge in [-0.2, -0.15) is 0 Å². The molecule has 0 unspecified atom stereocenters. The largest absolute Gasteiger partial charge is 0.469 e. The SMILES string of the molecule is COC(=O)CCCCCNC(=O)c1csc(-c2ccccc2)n1. The number of carbonyl (C=O) groups is 2. The molecule has 0 saturated heterocycles. The molecule has 0 fully saturated rings. The summed E-state index contributed by atoms with van der Waals surface area (Å²) in [5.74, 6) is -0.346. The average Bonchev–Trinajstić information content (AvgIpc) is 3.08. The molecule has 0 aliphatic rings. The Hall–Kier alpha value is -2.21. The lowest BCUT2D eigenvalue weighted by Crippen LogP contribution is -2.24. The number of ether oxygens (including phenoxy) is 1. The van der Waals surface area contributed by atoms with Crippen molar-refractivity contribution in [1.29, 1.82) is 0 Å². The Morgan fingerprint density at radius 2 is 1.96 bits per heavy atom. The fourth-order valence-electron chi connectivity index (χ4n) is 2.06. The molecular formula is C17H20N2O3S. The van der Waals surface area contributed by atoms with Gasteiger partial charge in [-0.1, -0.05) is 36.8 Å². The van der Waals surface area contributed by atoms with E-state index in [1.54, 1.807) is 5.38 Å². The topological polar surface area (TPSA) is 68.3 Å². The Morgan fingerprint density at radius 3 is 2.70 bits per heavy atom. The number of amides is 1. The van der Waals surface area contributed by atoms with E-state index >= 15 is 0 Å². The summed E-state index contributed by atoms with van der Waals surface area (Å²) >= 11 is 1.46. The van der Waals surface area contributed by atoms with Crippen molar-refractivity contribution < 1.29 is 14.3 Å². The first-order valence-corrected chi connectivity index (χ1v) is 8.44. The van der Waals surface area contributed by atoms with Gasteiger partial charge in [-0.25, -0.2) is 4.98 Å². The van der Waals surface area contributed by atoms with Crippen LogP contribution in [0.15, 0.2) is 35.7 Å². The zero-order valence-electron chi connectivity index (χ0n) is 13.1. The first-order chi connectivity index (χ1) is 11.2. The third kappa shape index (κ3) is 5.49. The third-order valence-electron chi connectivity index (χ3n) is 3.33. The number of unbranched alkanes of at least 4 members (excludes halogenated alkanes) is 2. The molecule has 1 heterocycles. The highest BCUT2D eigenvalue weighted by atomic mass is 32.1. The van der Waals surface area contributed by atoms with Gasteiger partial charge in [-0.3, -0.25) is 9.59 Å². The average molecular weight is 332 g/mol. The highest BCUT2D eigenvalue weighted by Gasteiger charge is 2.11. The van der Waals surface area contributed by atoms with Crippen LogP contribution in [0.3, 0.4) is 0 Å².